The Balaban J connectivity index is 2.81. The van der Waals surface area contributed by atoms with Gasteiger partial charge >= 0.3 is 0 Å². The van der Waals surface area contributed by atoms with Crippen molar-refractivity contribution in [2.24, 2.45) is 0 Å². The molecule has 1 atom stereocenters. The molecule has 0 aliphatic carbocycles. The summed E-state index contributed by atoms with van der Waals surface area (Å²) in [6.45, 7) is 0. The van der Waals surface area contributed by atoms with E-state index in [9.17, 15) is 5.11 Å². The van der Waals surface area contributed by atoms with Gasteiger partial charge in [0.05, 0.1) is 0 Å². The summed E-state index contributed by atoms with van der Waals surface area (Å²) in [5, 5.41) is 12.1. The van der Waals surface area contributed by atoms with Crippen LogP contribution in [-0.4, -0.2) is 12.2 Å². The first-order chi connectivity index (χ1) is 5.24. The van der Waals surface area contributed by atoms with Crippen molar-refractivity contribution in [2.75, 3.05) is 7.05 Å². The number of benzene rings is 1. The SMILES string of the molecule is CNC(O)c1ccc(I)cc1. The third-order valence-corrected chi connectivity index (χ3v) is 2.18. The minimum Gasteiger partial charge on any atom is -0.374 e. The number of nitrogens with one attached hydrogen (secondary N) is 1. The number of hydrogen-bond acceptors (Lipinski definition) is 2. The van der Waals surface area contributed by atoms with Crippen molar-refractivity contribution in [1.82, 2.24) is 5.32 Å². The molecular formula is C8H10INO. The summed E-state index contributed by atoms with van der Waals surface area (Å²) in [5.74, 6) is 0. The molecule has 2 nitrogen and oxygen atoms in total. The first-order valence-electron chi connectivity index (χ1n) is 3.35. The number of halogens is 1. The highest BCUT2D eigenvalue weighted by atomic mass is 127. The van der Waals surface area contributed by atoms with Gasteiger partial charge in [0.15, 0.2) is 0 Å². The van der Waals surface area contributed by atoms with Gasteiger partial charge < -0.3 is 5.11 Å². The Morgan fingerprint density at radius 3 is 2.36 bits per heavy atom. The van der Waals surface area contributed by atoms with Crippen LogP contribution in [-0.2, 0) is 0 Å². The van der Waals surface area contributed by atoms with Crippen LogP contribution in [0.2, 0.25) is 0 Å². The van der Waals surface area contributed by atoms with Crippen LogP contribution < -0.4 is 5.32 Å². The molecule has 1 aromatic carbocycles. The van der Waals surface area contributed by atoms with E-state index in [2.05, 4.69) is 27.9 Å². The quantitative estimate of drug-likeness (QED) is 0.626. The Hall–Kier alpha value is -0.130. The topological polar surface area (TPSA) is 32.3 Å². The molecule has 0 saturated carbocycles. The molecule has 1 unspecified atom stereocenters. The predicted molar refractivity (Wildman–Crippen MR) is 53.2 cm³/mol. The van der Waals surface area contributed by atoms with E-state index in [0.29, 0.717) is 0 Å². The summed E-state index contributed by atoms with van der Waals surface area (Å²) in [7, 11) is 1.72. The van der Waals surface area contributed by atoms with E-state index in [1.807, 2.05) is 24.3 Å². The van der Waals surface area contributed by atoms with Crippen molar-refractivity contribution in [2.45, 2.75) is 6.23 Å². The van der Waals surface area contributed by atoms with Gasteiger partial charge in [0.2, 0.25) is 0 Å². The highest BCUT2D eigenvalue weighted by molar-refractivity contribution is 14.1. The molecule has 0 saturated heterocycles. The van der Waals surface area contributed by atoms with Crippen molar-refractivity contribution in [3.63, 3.8) is 0 Å². The zero-order valence-corrected chi connectivity index (χ0v) is 8.37. The van der Waals surface area contributed by atoms with E-state index >= 15 is 0 Å². The molecule has 0 aliphatic heterocycles. The van der Waals surface area contributed by atoms with Crippen LogP contribution in [0.3, 0.4) is 0 Å². The average molecular weight is 263 g/mol. The molecule has 0 bridgehead atoms. The second kappa shape index (κ2) is 4.04. The van der Waals surface area contributed by atoms with Crippen LogP contribution in [0.15, 0.2) is 24.3 Å². The van der Waals surface area contributed by atoms with Gasteiger partial charge in [0.25, 0.3) is 0 Å². The van der Waals surface area contributed by atoms with Crippen molar-refractivity contribution in [1.29, 1.82) is 0 Å². The molecule has 0 aromatic heterocycles. The Bertz CT molecular complexity index is 222. The molecule has 3 heteroatoms. The zero-order chi connectivity index (χ0) is 8.27. The summed E-state index contributed by atoms with van der Waals surface area (Å²) in [5.41, 5.74) is 0.896. The molecule has 1 aromatic rings. The lowest BCUT2D eigenvalue weighted by Gasteiger charge is -2.08. The van der Waals surface area contributed by atoms with Crippen molar-refractivity contribution in [3.05, 3.63) is 33.4 Å². The molecule has 0 aliphatic rings. The average Bonchev–Trinajstić information content (AvgIpc) is 2.05. The predicted octanol–water partition coefficient (Wildman–Crippen LogP) is 1.50. The van der Waals surface area contributed by atoms with Gasteiger partial charge in [-0.15, -0.1) is 0 Å². The van der Waals surface area contributed by atoms with Gasteiger partial charge in [-0.2, -0.15) is 0 Å². The van der Waals surface area contributed by atoms with Crippen LogP contribution in [0.25, 0.3) is 0 Å². The number of hydrogen-bond donors (Lipinski definition) is 2. The third-order valence-electron chi connectivity index (χ3n) is 1.46. The Morgan fingerprint density at radius 1 is 1.36 bits per heavy atom. The first-order valence-corrected chi connectivity index (χ1v) is 4.42. The fraction of sp³-hybridized carbons (Fsp3) is 0.250. The van der Waals surface area contributed by atoms with Gasteiger partial charge in [-0.05, 0) is 47.3 Å². The van der Waals surface area contributed by atoms with Gasteiger partial charge in [-0.25, -0.2) is 0 Å². The van der Waals surface area contributed by atoms with Crippen LogP contribution in [0.5, 0.6) is 0 Å². The van der Waals surface area contributed by atoms with Gasteiger partial charge in [0, 0.05) is 3.57 Å². The highest BCUT2D eigenvalue weighted by Crippen LogP contribution is 2.11. The van der Waals surface area contributed by atoms with E-state index in [1.54, 1.807) is 7.05 Å². The fourth-order valence-electron chi connectivity index (χ4n) is 0.812. The lowest BCUT2D eigenvalue weighted by atomic mass is 10.2. The van der Waals surface area contributed by atoms with E-state index in [0.717, 1.165) is 5.56 Å². The highest BCUT2D eigenvalue weighted by Gasteiger charge is 2.01. The lowest BCUT2D eigenvalue weighted by molar-refractivity contribution is 0.149. The van der Waals surface area contributed by atoms with Gasteiger partial charge in [-0.3, -0.25) is 5.32 Å². The molecule has 0 amide bonds. The van der Waals surface area contributed by atoms with E-state index < -0.39 is 6.23 Å². The maximum absolute atomic E-state index is 9.31. The Morgan fingerprint density at radius 2 is 1.91 bits per heavy atom. The van der Waals surface area contributed by atoms with E-state index in [1.165, 1.54) is 3.57 Å². The smallest absolute Gasteiger partial charge is 0.130 e. The van der Waals surface area contributed by atoms with Crippen LogP contribution >= 0.6 is 22.6 Å². The molecule has 0 heterocycles. The van der Waals surface area contributed by atoms with Crippen molar-refractivity contribution >= 4 is 22.6 Å². The standard InChI is InChI=1S/C8H10INO/c1-10-8(11)6-2-4-7(9)5-3-6/h2-5,8,10-11H,1H3. The van der Waals surface area contributed by atoms with Gasteiger partial charge in [-0.1, -0.05) is 12.1 Å². The van der Waals surface area contributed by atoms with Crippen molar-refractivity contribution in [3.8, 4) is 0 Å². The molecule has 0 fully saturated rings. The van der Waals surface area contributed by atoms with E-state index in [4.69, 9.17) is 0 Å². The molecule has 1 rings (SSSR count). The summed E-state index contributed by atoms with van der Waals surface area (Å²) in [4.78, 5) is 0. The van der Waals surface area contributed by atoms with Crippen molar-refractivity contribution < 1.29 is 5.11 Å². The van der Waals surface area contributed by atoms with Gasteiger partial charge in [0.1, 0.15) is 6.23 Å². The summed E-state index contributed by atoms with van der Waals surface area (Å²) >= 11 is 2.23. The van der Waals surface area contributed by atoms with Crippen LogP contribution in [0.1, 0.15) is 11.8 Å². The summed E-state index contributed by atoms with van der Waals surface area (Å²) in [6, 6.07) is 7.75. The monoisotopic (exact) mass is 263 g/mol. The normalized spacial score (nSPS) is 13.0. The summed E-state index contributed by atoms with van der Waals surface area (Å²) < 4.78 is 1.18. The maximum atomic E-state index is 9.31. The molecule has 11 heavy (non-hydrogen) atoms. The number of rotatable bonds is 2. The van der Waals surface area contributed by atoms with Crippen LogP contribution in [0.4, 0.5) is 0 Å². The first kappa shape index (κ1) is 8.96. The Labute approximate surface area is 79.8 Å². The molecular weight excluding hydrogens is 253 g/mol. The third kappa shape index (κ3) is 2.43. The van der Waals surface area contributed by atoms with E-state index in [-0.39, 0.29) is 0 Å². The second-order valence-corrected chi connectivity index (χ2v) is 3.49. The second-order valence-electron chi connectivity index (χ2n) is 2.24. The molecule has 60 valence electrons. The minimum atomic E-state index is -0.549. The largest absolute Gasteiger partial charge is 0.374 e. The molecule has 2 N–H and O–H groups in total. The van der Waals surface area contributed by atoms with Crippen LogP contribution in [0, 0.1) is 3.57 Å². The lowest BCUT2D eigenvalue weighted by Crippen LogP contribution is -2.14. The maximum Gasteiger partial charge on any atom is 0.130 e. The minimum absolute atomic E-state index is 0.549. The zero-order valence-electron chi connectivity index (χ0n) is 6.21. The summed E-state index contributed by atoms with van der Waals surface area (Å²) in [6.07, 6.45) is -0.549. The number of aliphatic hydroxyl groups is 1. The number of aliphatic hydroxyl groups excluding tert-OH is 1. The fourth-order valence-corrected chi connectivity index (χ4v) is 1.17. The molecule has 0 spiro atoms. The molecule has 0 radical (unpaired) electrons. The Kier molecular flexibility index (Phi) is 3.29.